The Bertz CT molecular complexity index is 1050. The first-order chi connectivity index (χ1) is 21.2. The molecule has 3 aliphatic carbocycles. The van der Waals surface area contributed by atoms with Gasteiger partial charge in [-0.2, -0.15) is 0 Å². The van der Waals surface area contributed by atoms with E-state index in [-0.39, 0.29) is 45.3 Å². The molecule has 0 N–H and O–H groups in total. The van der Waals surface area contributed by atoms with Gasteiger partial charge >= 0.3 is 0 Å². The second kappa shape index (κ2) is 12.0. The average molecular weight is 633 g/mol. The smallest absolute Gasteiger partial charge is 0.0972 e. The van der Waals surface area contributed by atoms with Crippen molar-refractivity contribution < 1.29 is 28.4 Å². The fourth-order valence-electron chi connectivity index (χ4n) is 12.1. The van der Waals surface area contributed by atoms with Crippen LogP contribution in [0.25, 0.3) is 0 Å². The highest BCUT2D eigenvalue weighted by Crippen LogP contribution is 2.62. The van der Waals surface area contributed by atoms with Gasteiger partial charge in [0.2, 0.25) is 0 Å². The maximum atomic E-state index is 7.08. The van der Waals surface area contributed by atoms with Crippen LogP contribution >= 0.6 is 0 Å². The molecular weight excluding hydrogens is 564 g/mol. The monoisotopic (exact) mass is 633 g/mol. The highest BCUT2D eigenvalue weighted by atomic mass is 16.6. The number of hydrogen-bond acceptors (Lipinski definition) is 6. The molecule has 6 nitrogen and oxygen atoms in total. The molecule has 6 aliphatic heterocycles. The van der Waals surface area contributed by atoms with Gasteiger partial charge in [-0.05, 0) is 104 Å². The van der Waals surface area contributed by atoms with Crippen LogP contribution in [-0.2, 0) is 28.4 Å². The Kier molecular flexibility index (Phi) is 9.21. The zero-order valence-corrected chi connectivity index (χ0v) is 30.8. The molecule has 3 unspecified atom stereocenters. The van der Waals surface area contributed by atoms with Gasteiger partial charge in [0.05, 0.1) is 68.1 Å². The molecule has 9 aliphatic rings. The lowest BCUT2D eigenvalue weighted by Gasteiger charge is -2.64. The lowest BCUT2D eigenvalue weighted by Crippen LogP contribution is -2.68. The van der Waals surface area contributed by atoms with Gasteiger partial charge < -0.3 is 28.4 Å². The Morgan fingerprint density at radius 1 is 0.533 bits per heavy atom. The number of rotatable bonds is 12. The molecule has 3 saturated carbocycles. The molecule has 0 aromatic carbocycles. The van der Waals surface area contributed by atoms with Gasteiger partial charge in [-0.3, -0.25) is 0 Å². The van der Waals surface area contributed by atoms with E-state index in [1.54, 1.807) is 0 Å². The third-order valence-corrected chi connectivity index (χ3v) is 15.8. The van der Waals surface area contributed by atoms with Gasteiger partial charge in [0.15, 0.2) is 0 Å². The van der Waals surface area contributed by atoms with E-state index in [2.05, 4.69) is 69.2 Å². The molecule has 0 aromatic heterocycles. The van der Waals surface area contributed by atoms with E-state index in [1.807, 2.05) is 7.11 Å². The second-order valence-electron chi connectivity index (χ2n) is 18.2. The largest absolute Gasteiger partial charge is 0.382 e. The van der Waals surface area contributed by atoms with Crippen LogP contribution in [-0.4, -0.2) is 75.3 Å². The van der Waals surface area contributed by atoms with Crippen LogP contribution in [0.3, 0.4) is 0 Å². The van der Waals surface area contributed by atoms with Crippen LogP contribution in [0.1, 0.15) is 121 Å². The zero-order valence-electron chi connectivity index (χ0n) is 30.8. The minimum Gasteiger partial charge on any atom is -0.382 e. The van der Waals surface area contributed by atoms with Crippen LogP contribution in [0.4, 0.5) is 0 Å². The molecule has 6 bridgehead atoms. The molecule has 15 atom stereocenters. The van der Waals surface area contributed by atoms with Crippen LogP contribution in [0.15, 0.2) is 0 Å². The molecule has 6 saturated heterocycles. The Hall–Kier alpha value is -0.240. The molecular formula is C39H68O6. The normalized spacial score (nSPS) is 55.4. The predicted molar refractivity (Wildman–Crippen MR) is 178 cm³/mol. The minimum absolute atomic E-state index is 0.0436. The summed E-state index contributed by atoms with van der Waals surface area (Å²) in [7, 11) is 1.83. The van der Waals surface area contributed by atoms with Crippen molar-refractivity contribution in [2.24, 2.45) is 51.8 Å². The van der Waals surface area contributed by atoms with Gasteiger partial charge in [0.1, 0.15) is 0 Å². The fraction of sp³-hybridized carbons (Fsp3) is 1.00. The maximum Gasteiger partial charge on any atom is 0.0972 e. The van der Waals surface area contributed by atoms with Crippen molar-refractivity contribution in [1.82, 2.24) is 0 Å². The van der Waals surface area contributed by atoms with Gasteiger partial charge in [-0.1, -0.05) is 62.3 Å². The second-order valence-corrected chi connectivity index (χ2v) is 18.2. The Morgan fingerprint density at radius 3 is 1.62 bits per heavy atom. The van der Waals surface area contributed by atoms with Crippen molar-refractivity contribution in [2.75, 3.05) is 40.1 Å². The highest BCUT2D eigenvalue weighted by Gasteiger charge is 2.64. The molecule has 6 heteroatoms. The third-order valence-electron chi connectivity index (χ3n) is 15.8. The summed E-state index contributed by atoms with van der Waals surface area (Å²) in [5.41, 5.74) is -0.0659. The van der Waals surface area contributed by atoms with E-state index in [1.165, 1.54) is 12.8 Å². The topological polar surface area (TPSA) is 55.4 Å². The molecule has 0 amide bonds. The summed E-state index contributed by atoms with van der Waals surface area (Å²) in [5, 5.41) is 0. The number of methoxy groups -OCH3 is 1. The molecule has 0 aromatic rings. The van der Waals surface area contributed by atoms with Crippen molar-refractivity contribution in [3.63, 3.8) is 0 Å². The van der Waals surface area contributed by atoms with E-state index in [0.717, 1.165) is 45.1 Å². The van der Waals surface area contributed by atoms with Crippen LogP contribution in [0, 0.1) is 51.8 Å². The summed E-state index contributed by atoms with van der Waals surface area (Å²) in [6, 6.07) is 0. The Morgan fingerprint density at radius 2 is 1.04 bits per heavy atom. The van der Waals surface area contributed by atoms with Crippen molar-refractivity contribution in [2.45, 2.75) is 156 Å². The van der Waals surface area contributed by atoms with Crippen LogP contribution in [0.2, 0.25) is 0 Å². The Balaban J connectivity index is 1.13. The van der Waals surface area contributed by atoms with Gasteiger partial charge in [0, 0.05) is 13.0 Å². The van der Waals surface area contributed by atoms with Crippen molar-refractivity contribution >= 4 is 0 Å². The highest BCUT2D eigenvalue weighted by molar-refractivity contribution is 5.12. The first-order valence-corrected chi connectivity index (χ1v) is 18.8. The first-order valence-electron chi connectivity index (χ1n) is 18.8. The maximum absolute atomic E-state index is 7.08. The number of hydrogen-bond donors (Lipinski definition) is 0. The first kappa shape index (κ1) is 34.6. The fourth-order valence-corrected chi connectivity index (χ4v) is 12.1. The molecule has 260 valence electrons. The SMILES string of the molecule is CCC1O[C@@]2(COC)C[C@@H](COC[C@]34C[C@@H](C)[C@](C)(C[C@@H]3C)C(CC)O4)[C@]1(C)C[C@@H]2COC[C@@]12C[C@@H](C)[C@@](C)(C[C@@H]1C)C(C)O2. The van der Waals surface area contributed by atoms with Crippen LogP contribution < -0.4 is 0 Å². The lowest BCUT2D eigenvalue weighted by molar-refractivity contribution is -0.316. The molecule has 0 spiro atoms. The summed E-state index contributed by atoms with van der Waals surface area (Å²) in [5.74, 6) is 3.05. The van der Waals surface area contributed by atoms with E-state index in [0.29, 0.717) is 68.0 Å². The lowest BCUT2D eigenvalue weighted by atomic mass is 9.53. The predicted octanol–water partition coefficient (Wildman–Crippen LogP) is 8.10. The van der Waals surface area contributed by atoms with Crippen LogP contribution in [0.5, 0.6) is 0 Å². The van der Waals surface area contributed by atoms with E-state index >= 15 is 0 Å². The summed E-state index contributed by atoms with van der Waals surface area (Å²) < 4.78 is 40.3. The standard InChI is InChI=1S/C39H68O6/c1-12-32-35(9)15-28(6)38(44-32,17-26(35)4)24-41-20-30-19-39(22-40-11)31(18-36(30,10)33(13-2)45-39)21-42-23-37-16-25(3)34(8,14-27(37)5)29(7)43-37/h25-33H,12-24H2,1-11H3/t25-,26-,27+,28+,29?,30+,31-,32?,33?,34-,35+,36+,37+,38-,39-/m1/s1. The van der Waals surface area contributed by atoms with Crippen molar-refractivity contribution in [1.29, 1.82) is 0 Å². The van der Waals surface area contributed by atoms with E-state index < -0.39 is 0 Å². The molecule has 0 radical (unpaired) electrons. The number of ether oxygens (including phenoxy) is 6. The molecule has 6 heterocycles. The van der Waals surface area contributed by atoms with Gasteiger partial charge in [0.25, 0.3) is 0 Å². The van der Waals surface area contributed by atoms with Gasteiger partial charge in [-0.25, -0.2) is 0 Å². The van der Waals surface area contributed by atoms with Crippen molar-refractivity contribution in [3.8, 4) is 0 Å². The molecule has 45 heavy (non-hydrogen) atoms. The minimum atomic E-state index is -0.342. The summed E-state index contributed by atoms with van der Waals surface area (Å²) in [6.07, 6.45) is 9.60. The van der Waals surface area contributed by atoms with Crippen molar-refractivity contribution in [3.05, 3.63) is 0 Å². The summed E-state index contributed by atoms with van der Waals surface area (Å²) >= 11 is 0. The van der Waals surface area contributed by atoms with E-state index in [9.17, 15) is 0 Å². The zero-order chi connectivity index (χ0) is 32.6. The molecule has 9 rings (SSSR count). The number of fused-ring (bicyclic) bond motifs is 9. The summed E-state index contributed by atoms with van der Waals surface area (Å²) in [4.78, 5) is 0. The van der Waals surface area contributed by atoms with E-state index in [4.69, 9.17) is 28.4 Å². The Labute approximate surface area is 275 Å². The van der Waals surface area contributed by atoms with Gasteiger partial charge in [-0.15, -0.1) is 0 Å². The summed E-state index contributed by atoms with van der Waals surface area (Å²) in [6.45, 7) is 27.3. The third kappa shape index (κ3) is 5.23. The molecule has 9 fully saturated rings. The quantitative estimate of drug-likeness (QED) is 0.217. The average Bonchev–Trinajstić information content (AvgIpc) is 2.97.